The van der Waals surface area contributed by atoms with E-state index in [-0.39, 0.29) is 31.1 Å². The zero-order valence-electron chi connectivity index (χ0n) is 46.2. The van der Waals surface area contributed by atoms with Gasteiger partial charge < -0.3 is 14.2 Å². The Morgan fingerprint density at radius 1 is 0.299 bits per heavy atom. The summed E-state index contributed by atoms with van der Waals surface area (Å²) in [5, 5.41) is 0. The summed E-state index contributed by atoms with van der Waals surface area (Å²) < 4.78 is 16.9. The molecule has 0 saturated carbocycles. The third-order valence-corrected chi connectivity index (χ3v) is 14.3. The molecule has 0 amide bonds. The van der Waals surface area contributed by atoms with Gasteiger partial charge in [-0.25, -0.2) is 0 Å². The first-order valence-electron chi connectivity index (χ1n) is 30.1. The van der Waals surface area contributed by atoms with Crippen molar-refractivity contribution in [1.29, 1.82) is 0 Å². The maximum atomic E-state index is 12.8. The lowest BCUT2D eigenvalue weighted by atomic mass is 10.00. The minimum atomic E-state index is -0.764. The van der Waals surface area contributed by atoms with Gasteiger partial charge in [-0.1, -0.05) is 298 Å². The van der Waals surface area contributed by atoms with Gasteiger partial charge in [0.15, 0.2) is 6.10 Å². The van der Waals surface area contributed by atoms with Gasteiger partial charge >= 0.3 is 17.9 Å². The van der Waals surface area contributed by atoms with Gasteiger partial charge in [-0.05, 0) is 37.0 Å². The smallest absolute Gasteiger partial charge is 0.306 e. The van der Waals surface area contributed by atoms with Crippen molar-refractivity contribution in [2.45, 2.75) is 343 Å². The van der Waals surface area contributed by atoms with Crippen LogP contribution in [0.15, 0.2) is 0 Å². The van der Waals surface area contributed by atoms with Crippen molar-refractivity contribution in [3.8, 4) is 0 Å². The van der Waals surface area contributed by atoms with Crippen LogP contribution in [-0.2, 0) is 28.6 Å². The minimum Gasteiger partial charge on any atom is -0.462 e. The Morgan fingerprint density at radius 3 is 0.776 bits per heavy atom. The molecule has 0 bridgehead atoms. The molecule has 0 aromatic carbocycles. The summed E-state index contributed by atoms with van der Waals surface area (Å²) in [5.74, 6) is 1.67. The number of unbranched alkanes of at least 4 members (excludes halogenated alkanes) is 36. The van der Waals surface area contributed by atoms with Crippen LogP contribution in [0.5, 0.6) is 0 Å². The van der Waals surface area contributed by atoms with Gasteiger partial charge in [-0.2, -0.15) is 0 Å². The molecular weight excluding hydrogens is 829 g/mol. The molecule has 0 aromatic heterocycles. The van der Waals surface area contributed by atoms with Crippen LogP contribution >= 0.6 is 0 Å². The zero-order chi connectivity index (χ0) is 49.1. The van der Waals surface area contributed by atoms with Gasteiger partial charge in [0.1, 0.15) is 13.2 Å². The first kappa shape index (κ1) is 65.4. The second-order valence-corrected chi connectivity index (χ2v) is 22.2. The summed E-state index contributed by atoms with van der Waals surface area (Å²) in [5.41, 5.74) is 0. The number of rotatable bonds is 54. The highest BCUT2D eigenvalue weighted by atomic mass is 16.6. The molecule has 6 heteroatoms. The molecule has 0 aliphatic carbocycles. The van der Waals surface area contributed by atoms with E-state index in [0.29, 0.717) is 19.3 Å². The fourth-order valence-corrected chi connectivity index (χ4v) is 9.32. The van der Waals surface area contributed by atoms with Gasteiger partial charge in [0.2, 0.25) is 0 Å². The Hall–Kier alpha value is -1.59. The highest BCUT2D eigenvalue weighted by Gasteiger charge is 2.19. The van der Waals surface area contributed by atoms with E-state index in [1.807, 2.05) is 0 Å². The quantitative estimate of drug-likeness (QED) is 0.0343. The third kappa shape index (κ3) is 53.6. The third-order valence-electron chi connectivity index (χ3n) is 14.3. The zero-order valence-corrected chi connectivity index (χ0v) is 46.2. The lowest BCUT2D eigenvalue weighted by Gasteiger charge is -2.18. The van der Waals surface area contributed by atoms with E-state index in [2.05, 4.69) is 41.5 Å². The number of hydrogen-bond donors (Lipinski definition) is 0. The second-order valence-electron chi connectivity index (χ2n) is 22.2. The number of carbonyl (C=O) groups is 3. The van der Waals surface area contributed by atoms with Crippen molar-refractivity contribution < 1.29 is 28.6 Å². The molecule has 67 heavy (non-hydrogen) atoms. The van der Waals surface area contributed by atoms with E-state index in [9.17, 15) is 14.4 Å². The number of esters is 3. The Balaban J connectivity index is 4.19. The first-order chi connectivity index (χ1) is 32.6. The minimum absolute atomic E-state index is 0.0642. The van der Waals surface area contributed by atoms with Gasteiger partial charge in [-0.15, -0.1) is 0 Å². The summed E-state index contributed by atoms with van der Waals surface area (Å²) in [6, 6.07) is 0. The van der Waals surface area contributed by atoms with E-state index in [4.69, 9.17) is 14.2 Å². The normalized spacial score (nSPS) is 12.5. The number of ether oxygens (including phenoxy) is 3. The molecule has 0 spiro atoms. The SMILES string of the molecule is CCC(C)CCCCCCCCC(=O)O[C@H](COC(=O)CCCCCCCCCCCCCCCCCCCCC(C)C)COC(=O)CCCCCCCCCCCCCCCCCC(C)C. The Labute approximate surface area is 418 Å². The summed E-state index contributed by atoms with van der Waals surface area (Å²) >= 11 is 0. The van der Waals surface area contributed by atoms with Crippen molar-refractivity contribution in [3.63, 3.8) is 0 Å². The van der Waals surface area contributed by atoms with Crippen molar-refractivity contribution >= 4 is 17.9 Å². The van der Waals surface area contributed by atoms with E-state index in [1.165, 1.54) is 218 Å². The summed E-state index contributed by atoms with van der Waals surface area (Å²) in [7, 11) is 0. The maximum absolute atomic E-state index is 12.8. The Morgan fingerprint density at radius 2 is 0.522 bits per heavy atom. The predicted molar refractivity (Wildman–Crippen MR) is 289 cm³/mol. The Kier molecular flexibility index (Phi) is 51.0. The predicted octanol–water partition coefficient (Wildman–Crippen LogP) is 19.9. The lowest BCUT2D eigenvalue weighted by Crippen LogP contribution is -2.30. The van der Waals surface area contributed by atoms with Crippen molar-refractivity contribution in [2.75, 3.05) is 13.2 Å². The van der Waals surface area contributed by atoms with Crippen LogP contribution in [0.25, 0.3) is 0 Å². The van der Waals surface area contributed by atoms with Gasteiger partial charge in [-0.3, -0.25) is 14.4 Å². The number of carbonyl (C=O) groups excluding carboxylic acids is 3. The van der Waals surface area contributed by atoms with Crippen LogP contribution in [0.3, 0.4) is 0 Å². The molecule has 398 valence electrons. The molecule has 6 nitrogen and oxygen atoms in total. The molecule has 0 aliphatic rings. The molecule has 0 N–H and O–H groups in total. The molecular formula is C61H118O6. The summed E-state index contributed by atoms with van der Waals surface area (Å²) in [6.45, 7) is 13.8. The average Bonchev–Trinajstić information content (AvgIpc) is 3.30. The van der Waals surface area contributed by atoms with Gasteiger partial charge in [0, 0.05) is 19.3 Å². The van der Waals surface area contributed by atoms with Crippen LogP contribution in [0.1, 0.15) is 337 Å². The van der Waals surface area contributed by atoms with Crippen molar-refractivity contribution in [2.24, 2.45) is 17.8 Å². The molecule has 1 unspecified atom stereocenters. The summed E-state index contributed by atoms with van der Waals surface area (Å²) in [4.78, 5) is 38.1. The molecule has 0 aromatic rings. The van der Waals surface area contributed by atoms with Crippen molar-refractivity contribution in [3.05, 3.63) is 0 Å². The van der Waals surface area contributed by atoms with Gasteiger partial charge in [0.05, 0.1) is 0 Å². The lowest BCUT2D eigenvalue weighted by molar-refractivity contribution is -0.167. The topological polar surface area (TPSA) is 78.9 Å². The number of hydrogen-bond acceptors (Lipinski definition) is 6. The molecule has 0 radical (unpaired) electrons. The highest BCUT2D eigenvalue weighted by molar-refractivity contribution is 5.71. The molecule has 0 heterocycles. The molecule has 0 aliphatic heterocycles. The molecule has 0 fully saturated rings. The monoisotopic (exact) mass is 947 g/mol. The average molecular weight is 948 g/mol. The van der Waals surface area contributed by atoms with E-state index < -0.39 is 6.10 Å². The van der Waals surface area contributed by atoms with Crippen LogP contribution in [-0.4, -0.2) is 37.2 Å². The van der Waals surface area contributed by atoms with Crippen molar-refractivity contribution in [1.82, 2.24) is 0 Å². The van der Waals surface area contributed by atoms with E-state index in [0.717, 1.165) is 75.5 Å². The van der Waals surface area contributed by atoms with Crippen LogP contribution in [0.4, 0.5) is 0 Å². The highest BCUT2D eigenvalue weighted by Crippen LogP contribution is 2.19. The molecule has 0 saturated heterocycles. The van der Waals surface area contributed by atoms with E-state index in [1.54, 1.807) is 0 Å². The fourth-order valence-electron chi connectivity index (χ4n) is 9.32. The molecule has 0 rings (SSSR count). The molecule has 2 atom stereocenters. The fraction of sp³-hybridized carbons (Fsp3) is 0.951. The van der Waals surface area contributed by atoms with Gasteiger partial charge in [0.25, 0.3) is 0 Å². The summed E-state index contributed by atoms with van der Waals surface area (Å²) in [6.07, 6.45) is 55.4. The van der Waals surface area contributed by atoms with Crippen LogP contribution in [0, 0.1) is 17.8 Å². The standard InChI is InChI=1S/C61H118O6/c1-7-57(6)49-43-37-33-34-40-46-52-61(64)67-58(54-66-60(63)51-45-39-32-28-24-20-16-12-14-18-22-26-30-36-42-48-56(4)5)53-65-59(62)50-44-38-31-27-23-19-15-11-9-8-10-13-17-21-25-29-35-41-47-55(2)3/h55-58H,7-54H2,1-6H3/t57?,58-/m1/s1. The largest absolute Gasteiger partial charge is 0.462 e. The van der Waals surface area contributed by atoms with Crippen LogP contribution < -0.4 is 0 Å². The van der Waals surface area contributed by atoms with Crippen LogP contribution in [0.2, 0.25) is 0 Å². The maximum Gasteiger partial charge on any atom is 0.306 e. The first-order valence-corrected chi connectivity index (χ1v) is 30.1. The Bertz CT molecular complexity index is 1040. The van der Waals surface area contributed by atoms with E-state index >= 15 is 0 Å². The second kappa shape index (κ2) is 52.2.